The van der Waals surface area contributed by atoms with Crippen molar-refractivity contribution in [1.82, 2.24) is 15.5 Å². The number of esters is 1. The smallest absolute Gasteiger partial charge is 0.308 e. The largest absolute Gasteiger partial charge is 0.490 e. The van der Waals surface area contributed by atoms with Gasteiger partial charge in [0, 0.05) is 25.8 Å². The molecule has 176 valence electrons. The minimum Gasteiger partial charge on any atom is -0.490 e. The van der Waals surface area contributed by atoms with Crippen LogP contribution in [0.3, 0.4) is 0 Å². The van der Waals surface area contributed by atoms with E-state index in [4.69, 9.17) is 26.4 Å². The van der Waals surface area contributed by atoms with E-state index < -0.39 is 17.9 Å². The first-order chi connectivity index (χ1) is 15.3. The van der Waals surface area contributed by atoms with Gasteiger partial charge in [0.05, 0.1) is 23.6 Å². The predicted molar refractivity (Wildman–Crippen MR) is 126 cm³/mol. The van der Waals surface area contributed by atoms with Crippen LogP contribution in [-0.4, -0.2) is 73.4 Å². The molecule has 0 aliphatic carbocycles. The molecule has 1 fully saturated rings. The maximum atomic E-state index is 12.7. The number of piperazine rings is 1. The van der Waals surface area contributed by atoms with Gasteiger partial charge in [-0.1, -0.05) is 6.92 Å². The Labute approximate surface area is 201 Å². The topological polar surface area (TPSA) is 106 Å². The van der Waals surface area contributed by atoms with Gasteiger partial charge in [0.15, 0.2) is 5.11 Å². The molecule has 0 saturated carbocycles. The Kier molecular flexibility index (Phi) is 10.3. The minimum absolute atomic E-state index is 0.0720. The first-order valence-corrected chi connectivity index (χ1v) is 11.5. The summed E-state index contributed by atoms with van der Waals surface area (Å²) >= 11 is 8.77. The van der Waals surface area contributed by atoms with Gasteiger partial charge in [0.25, 0.3) is 5.91 Å². The lowest BCUT2D eigenvalue weighted by Crippen LogP contribution is -2.60. The molecule has 32 heavy (non-hydrogen) atoms. The van der Waals surface area contributed by atoms with E-state index in [0.717, 1.165) is 0 Å². The zero-order valence-corrected chi connectivity index (χ0v) is 20.7. The monoisotopic (exact) mass is 529 g/mol. The van der Waals surface area contributed by atoms with Gasteiger partial charge in [-0.15, -0.1) is 0 Å². The lowest BCUT2D eigenvalue weighted by molar-refractivity contribution is -0.151. The number of rotatable bonds is 9. The highest BCUT2D eigenvalue weighted by Gasteiger charge is 2.34. The minimum atomic E-state index is -0.851. The van der Waals surface area contributed by atoms with Crippen molar-refractivity contribution in [2.75, 3.05) is 33.4 Å². The predicted octanol–water partition coefficient (Wildman–Crippen LogP) is 2.02. The molecule has 1 aromatic rings. The Bertz CT molecular complexity index is 853. The van der Waals surface area contributed by atoms with Gasteiger partial charge >= 0.3 is 5.97 Å². The lowest BCUT2D eigenvalue weighted by atomic mass is 10.1. The van der Waals surface area contributed by atoms with Crippen LogP contribution >= 0.6 is 28.1 Å². The highest BCUT2D eigenvalue weighted by Crippen LogP contribution is 2.26. The maximum absolute atomic E-state index is 12.7. The summed E-state index contributed by atoms with van der Waals surface area (Å²) < 4.78 is 16.4. The summed E-state index contributed by atoms with van der Waals surface area (Å²) in [6.45, 7) is 5.22. The van der Waals surface area contributed by atoms with Gasteiger partial charge in [-0.2, -0.15) is 0 Å². The second kappa shape index (κ2) is 12.7. The normalized spacial score (nSPS) is 16.7. The number of carbonyl (C=O) groups excluding carboxylic acids is 3. The van der Waals surface area contributed by atoms with Gasteiger partial charge in [-0.05, 0) is 59.7 Å². The molecule has 2 rings (SSSR count). The van der Waals surface area contributed by atoms with E-state index in [1.54, 1.807) is 37.1 Å². The summed E-state index contributed by atoms with van der Waals surface area (Å²) in [6.07, 6.45) is 0.270. The number of methoxy groups -OCH3 is 1. The van der Waals surface area contributed by atoms with Crippen LogP contribution in [0.4, 0.5) is 0 Å². The van der Waals surface area contributed by atoms with Gasteiger partial charge < -0.3 is 24.4 Å². The number of ether oxygens (including phenoxy) is 3. The fourth-order valence-corrected chi connectivity index (χ4v) is 3.71. The van der Waals surface area contributed by atoms with Crippen LogP contribution in [0, 0.1) is 0 Å². The van der Waals surface area contributed by atoms with Crippen molar-refractivity contribution >= 4 is 51.0 Å². The number of hydrogen-bond acceptors (Lipinski definition) is 7. The fraction of sp³-hybridized carbons (Fsp3) is 0.524. The Morgan fingerprint density at radius 1 is 1.38 bits per heavy atom. The molecular weight excluding hydrogens is 502 g/mol. The fourth-order valence-electron chi connectivity index (χ4n) is 2.91. The third kappa shape index (κ3) is 7.42. The standard InChI is InChI=1S/C21H28BrN3O6S/c1-4-13(2)31-18(26)12-16-20(28)23-7-8-25(16)21(32)24-19(27)14-5-6-17(15(22)11-14)30-10-9-29-3/h5-6,11,13,16H,4,7-10,12H2,1-3H3,(H,23,28)(H,24,27,32). The second-order valence-corrected chi connectivity index (χ2v) is 8.40. The summed E-state index contributed by atoms with van der Waals surface area (Å²) in [5.41, 5.74) is 0.354. The number of halogens is 1. The summed E-state index contributed by atoms with van der Waals surface area (Å²) in [7, 11) is 1.58. The van der Waals surface area contributed by atoms with Crippen molar-refractivity contribution in [3.63, 3.8) is 0 Å². The molecule has 0 bridgehead atoms. The lowest BCUT2D eigenvalue weighted by Gasteiger charge is -2.36. The number of benzene rings is 1. The van der Waals surface area contributed by atoms with Crippen LogP contribution in [0.15, 0.2) is 22.7 Å². The zero-order valence-electron chi connectivity index (χ0n) is 18.3. The van der Waals surface area contributed by atoms with Crippen LogP contribution < -0.4 is 15.4 Å². The molecule has 0 aromatic heterocycles. The van der Waals surface area contributed by atoms with Crippen molar-refractivity contribution < 1.29 is 28.6 Å². The Balaban J connectivity index is 2.03. The van der Waals surface area contributed by atoms with E-state index in [9.17, 15) is 14.4 Å². The molecule has 2 amide bonds. The van der Waals surface area contributed by atoms with Crippen LogP contribution in [0.5, 0.6) is 5.75 Å². The van der Waals surface area contributed by atoms with Crippen molar-refractivity contribution in [2.45, 2.75) is 38.8 Å². The van der Waals surface area contributed by atoms with Crippen LogP contribution in [-0.2, 0) is 19.1 Å². The van der Waals surface area contributed by atoms with Crippen LogP contribution in [0.1, 0.15) is 37.0 Å². The van der Waals surface area contributed by atoms with E-state index in [1.165, 1.54) is 0 Å². The molecule has 1 aromatic carbocycles. The van der Waals surface area contributed by atoms with Gasteiger partial charge in [0.1, 0.15) is 18.4 Å². The molecule has 2 unspecified atom stereocenters. The highest BCUT2D eigenvalue weighted by molar-refractivity contribution is 9.10. The third-order valence-electron chi connectivity index (χ3n) is 4.82. The van der Waals surface area contributed by atoms with Crippen molar-refractivity contribution in [3.05, 3.63) is 28.2 Å². The molecular formula is C21H28BrN3O6S. The van der Waals surface area contributed by atoms with E-state index in [-0.39, 0.29) is 23.5 Å². The molecule has 9 nitrogen and oxygen atoms in total. The van der Waals surface area contributed by atoms with E-state index >= 15 is 0 Å². The quantitative estimate of drug-likeness (QED) is 0.284. The Morgan fingerprint density at radius 2 is 2.12 bits per heavy atom. The number of hydrogen-bond donors (Lipinski definition) is 2. The van der Waals surface area contributed by atoms with Crippen molar-refractivity contribution in [1.29, 1.82) is 0 Å². The van der Waals surface area contributed by atoms with Crippen molar-refractivity contribution in [2.24, 2.45) is 0 Å². The highest BCUT2D eigenvalue weighted by atomic mass is 79.9. The molecule has 1 aliphatic heterocycles. The Hall–Kier alpha value is -2.24. The summed E-state index contributed by atoms with van der Waals surface area (Å²) in [5.74, 6) is -0.692. The summed E-state index contributed by atoms with van der Waals surface area (Å²) in [5, 5.41) is 5.44. The van der Waals surface area contributed by atoms with Crippen LogP contribution in [0.25, 0.3) is 0 Å². The molecule has 2 N–H and O–H groups in total. The molecule has 1 aliphatic rings. The molecule has 2 atom stereocenters. The Morgan fingerprint density at radius 3 is 2.78 bits per heavy atom. The average molecular weight is 530 g/mol. The molecule has 0 spiro atoms. The molecule has 1 saturated heterocycles. The second-order valence-electron chi connectivity index (χ2n) is 7.16. The number of nitrogens with one attached hydrogen (secondary N) is 2. The number of amides is 2. The number of nitrogens with zero attached hydrogens (tertiary/aromatic N) is 1. The zero-order chi connectivity index (χ0) is 23.7. The average Bonchev–Trinajstić information content (AvgIpc) is 2.76. The van der Waals surface area contributed by atoms with E-state index in [2.05, 4.69) is 26.6 Å². The molecule has 0 radical (unpaired) electrons. The van der Waals surface area contributed by atoms with Gasteiger partial charge in [-0.25, -0.2) is 0 Å². The first-order valence-electron chi connectivity index (χ1n) is 10.3. The number of thiocarbonyl (C=S) groups is 1. The van der Waals surface area contributed by atoms with Gasteiger partial charge in [0.2, 0.25) is 5.91 Å². The van der Waals surface area contributed by atoms with Crippen molar-refractivity contribution in [3.8, 4) is 5.75 Å². The molecule has 1 heterocycles. The first kappa shape index (κ1) is 26.0. The maximum Gasteiger partial charge on any atom is 0.308 e. The van der Waals surface area contributed by atoms with Gasteiger partial charge in [-0.3, -0.25) is 19.7 Å². The summed E-state index contributed by atoms with van der Waals surface area (Å²) in [4.78, 5) is 38.9. The SMILES string of the molecule is CCC(C)OC(=O)CC1C(=O)NCCN1C(=S)NC(=O)c1ccc(OCCOC)c(Br)c1. The van der Waals surface area contributed by atoms with E-state index in [0.29, 0.717) is 48.5 Å². The third-order valence-corrected chi connectivity index (χ3v) is 5.78. The van der Waals surface area contributed by atoms with Crippen LogP contribution in [0.2, 0.25) is 0 Å². The van der Waals surface area contributed by atoms with E-state index in [1.807, 2.05) is 6.92 Å². The number of carbonyl (C=O) groups is 3. The summed E-state index contributed by atoms with van der Waals surface area (Å²) in [6, 6.07) is 4.04. The molecule has 11 heteroatoms.